The van der Waals surface area contributed by atoms with Crippen molar-refractivity contribution in [2.24, 2.45) is 0 Å². The van der Waals surface area contributed by atoms with Gasteiger partial charge in [-0.1, -0.05) is 48.4 Å². The van der Waals surface area contributed by atoms with Gasteiger partial charge in [-0.15, -0.1) is 0 Å². The van der Waals surface area contributed by atoms with Gasteiger partial charge in [-0.2, -0.15) is 0 Å². The van der Waals surface area contributed by atoms with Crippen LogP contribution in [0.1, 0.15) is 49.8 Å². The molecule has 0 amide bonds. The third-order valence-corrected chi connectivity index (χ3v) is 6.56. The summed E-state index contributed by atoms with van der Waals surface area (Å²) in [5.74, 6) is 0. The summed E-state index contributed by atoms with van der Waals surface area (Å²) in [6.45, 7) is 6.54. The molecule has 1 aliphatic heterocycles. The van der Waals surface area contributed by atoms with Crippen LogP contribution in [-0.4, -0.2) is 29.0 Å². The molecular formula is C25H30ClN3. The molecule has 3 nitrogen and oxygen atoms in total. The molecule has 0 spiro atoms. The molecule has 4 heteroatoms. The number of rotatable bonds is 5. The Morgan fingerprint density at radius 1 is 1.24 bits per heavy atom. The van der Waals surface area contributed by atoms with Gasteiger partial charge in [0.1, 0.15) is 0 Å². The standard InChI is InChI=1S/C25H30ClN3/c1-3-6-24(22-7-4-5-8-23(22)26)28-25-17-29(14-12-18(25)2)21-10-9-20-16-27-13-11-19(20)15-21/h4-8,11,13,16,21,28H,3,9-10,12,14-15,17H2,1-2H3/b24-6+. The molecule has 1 N–H and O–H groups in total. The van der Waals surface area contributed by atoms with Gasteiger partial charge in [0.2, 0.25) is 0 Å². The molecule has 2 heterocycles. The van der Waals surface area contributed by atoms with Crippen LogP contribution in [0.15, 0.2) is 60.1 Å². The zero-order chi connectivity index (χ0) is 20.2. The first-order valence-electron chi connectivity index (χ1n) is 10.7. The number of pyridine rings is 1. The fraction of sp³-hybridized carbons (Fsp3) is 0.400. The molecule has 2 aliphatic rings. The molecule has 0 saturated carbocycles. The quantitative estimate of drug-likeness (QED) is 0.697. The Labute approximate surface area is 179 Å². The lowest BCUT2D eigenvalue weighted by molar-refractivity contribution is 0.185. The third kappa shape index (κ3) is 4.57. The molecule has 2 aromatic rings. The van der Waals surface area contributed by atoms with E-state index in [2.05, 4.69) is 53.3 Å². The van der Waals surface area contributed by atoms with Gasteiger partial charge in [0.05, 0.1) is 0 Å². The number of allylic oxidation sites excluding steroid dienone is 1. The van der Waals surface area contributed by atoms with Crippen molar-refractivity contribution < 1.29 is 0 Å². The van der Waals surface area contributed by atoms with Crippen molar-refractivity contribution >= 4 is 17.3 Å². The summed E-state index contributed by atoms with van der Waals surface area (Å²) in [7, 11) is 0. The smallest absolute Gasteiger partial charge is 0.0499 e. The van der Waals surface area contributed by atoms with Crippen LogP contribution in [0.4, 0.5) is 0 Å². The maximum Gasteiger partial charge on any atom is 0.0499 e. The van der Waals surface area contributed by atoms with Crippen LogP contribution < -0.4 is 5.32 Å². The normalized spacial score (nSPS) is 20.5. The number of hydrogen-bond donors (Lipinski definition) is 1. The van der Waals surface area contributed by atoms with E-state index < -0.39 is 0 Å². The van der Waals surface area contributed by atoms with Crippen molar-refractivity contribution in [1.82, 2.24) is 15.2 Å². The largest absolute Gasteiger partial charge is 0.358 e. The summed E-state index contributed by atoms with van der Waals surface area (Å²) in [6, 6.07) is 10.9. The van der Waals surface area contributed by atoms with E-state index in [0.717, 1.165) is 55.1 Å². The molecule has 29 heavy (non-hydrogen) atoms. The van der Waals surface area contributed by atoms with E-state index in [1.165, 1.54) is 28.8 Å². The average molecular weight is 408 g/mol. The summed E-state index contributed by atoms with van der Waals surface area (Å²) in [4.78, 5) is 6.96. The second kappa shape index (κ2) is 9.15. The Morgan fingerprint density at radius 2 is 2.10 bits per heavy atom. The van der Waals surface area contributed by atoms with Crippen LogP contribution >= 0.6 is 11.6 Å². The SMILES string of the molecule is CC/C=C(/NC1=C(C)CCN(C2CCc3cnccc3C2)C1)c1ccccc1Cl. The van der Waals surface area contributed by atoms with Crippen molar-refractivity contribution in [3.8, 4) is 0 Å². The highest BCUT2D eigenvalue weighted by Gasteiger charge is 2.27. The van der Waals surface area contributed by atoms with Gasteiger partial charge in [-0.25, -0.2) is 0 Å². The van der Waals surface area contributed by atoms with Crippen molar-refractivity contribution in [2.75, 3.05) is 13.1 Å². The monoisotopic (exact) mass is 407 g/mol. The number of benzene rings is 1. The summed E-state index contributed by atoms with van der Waals surface area (Å²) >= 11 is 6.49. The molecule has 1 unspecified atom stereocenters. The summed E-state index contributed by atoms with van der Waals surface area (Å²) in [5.41, 5.74) is 7.88. The maximum atomic E-state index is 6.49. The van der Waals surface area contributed by atoms with Crippen molar-refractivity contribution in [1.29, 1.82) is 0 Å². The lowest BCUT2D eigenvalue weighted by Crippen LogP contribution is -2.45. The molecule has 0 saturated heterocycles. The van der Waals surface area contributed by atoms with Gasteiger partial charge in [-0.05, 0) is 62.3 Å². The van der Waals surface area contributed by atoms with E-state index in [4.69, 9.17) is 11.6 Å². The van der Waals surface area contributed by atoms with Gasteiger partial charge in [0.25, 0.3) is 0 Å². The van der Waals surface area contributed by atoms with Crippen LogP contribution in [0.5, 0.6) is 0 Å². The summed E-state index contributed by atoms with van der Waals surface area (Å²) in [6.07, 6.45) is 11.8. The van der Waals surface area contributed by atoms with Crippen molar-refractivity contribution in [3.05, 3.63) is 81.8 Å². The van der Waals surface area contributed by atoms with E-state index in [1.807, 2.05) is 24.5 Å². The highest BCUT2D eigenvalue weighted by Crippen LogP contribution is 2.29. The average Bonchev–Trinajstić information content (AvgIpc) is 2.75. The summed E-state index contributed by atoms with van der Waals surface area (Å²) in [5, 5.41) is 4.55. The molecular weight excluding hydrogens is 378 g/mol. The lowest BCUT2D eigenvalue weighted by atomic mass is 9.88. The van der Waals surface area contributed by atoms with Gasteiger partial charge < -0.3 is 5.32 Å². The lowest BCUT2D eigenvalue weighted by Gasteiger charge is -2.39. The van der Waals surface area contributed by atoms with Crippen LogP contribution in [-0.2, 0) is 12.8 Å². The van der Waals surface area contributed by atoms with Gasteiger partial charge in [0, 0.05) is 53.5 Å². The molecule has 1 aliphatic carbocycles. The highest BCUT2D eigenvalue weighted by molar-refractivity contribution is 6.32. The molecule has 1 aromatic carbocycles. The maximum absolute atomic E-state index is 6.49. The van der Waals surface area contributed by atoms with E-state index in [1.54, 1.807) is 0 Å². The number of aryl methyl sites for hydroxylation is 1. The highest BCUT2D eigenvalue weighted by atomic mass is 35.5. The fourth-order valence-corrected chi connectivity index (χ4v) is 4.72. The van der Waals surface area contributed by atoms with E-state index in [9.17, 15) is 0 Å². The van der Waals surface area contributed by atoms with Gasteiger partial charge >= 0.3 is 0 Å². The Balaban J connectivity index is 1.51. The van der Waals surface area contributed by atoms with E-state index in [0.29, 0.717) is 6.04 Å². The second-order valence-electron chi connectivity index (χ2n) is 8.15. The minimum atomic E-state index is 0.605. The molecule has 4 rings (SSSR count). The number of nitrogens with zero attached hydrogens (tertiary/aromatic N) is 2. The number of fused-ring (bicyclic) bond motifs is 1. The van der Waals surface area contributed by atoms with Gasteiger partial charge in [-0.3, -0.25) is 9.88 Å². The Hall–Kier alpha value is -2.10. The fourth-order valence-electron chi connectivity index (χ4n) is 4.48. The van der Waals surface area contributed by atoms with Gasteiger partial charge in [0.15, 0.2) is 0 Å². The Bertz CT molecular complexity index is 931. The first-order chi connectivity index (χ1) is 14.2. The van der Waals surface area contributed by atoms with Crippen LogP contribution in [0.2, 0.25) is 5.02 Å². The molecule has 1 aromatic heterocycles. The zero-order valence-corrected chi connectivity index (χ0v) is 18.2. The number of hydrogen-bond acceptors (Lipinski definition) is 3. The number of aromatic nitrogens is 1. The Morgan fingerprint density at radius 3 is 2.93 bits per heavy atom. The van der Waals surface area contributed by atoms with Crippen molar-refractivity contribution in [3.63, 3.8) is 0 Å². The predicted octanol–water partition coefficient (Wildman–Crippen LogP) is 5.61. The minimum absolute atomic E-state index is 0.605. The first kappa shape index (κ1) is 20.2. The predicted molar refractivity (Wildman–Crippen MR) is 122 cm³/mol. The third-order valence-electron chi connectivity index (χ3n) is 6.23. The minimum Gasteiger partial charge on any atom is -0.358 e. The molecule has 0 fully saturated rings. The molecule has 1 atom stereocenters. The van der Waals surface area contributed by atoms with Crippen LogP contribution in [0.3, 0.4) is 0 Å². The van der Waals surface area contributed by atoms with Crippen LogP contribution in [0.25, 0.3) is 5.70 Å². The topological polar surface area (TPSA) is 28.2 Å². The molecule has 0 radical (unpaired) electrons. The zero-order valence-electron chi connectivity index (χ0n) is 17.4. The van der Waals surface area contributed by atoms with E-state index >= 15 is 0 Å². The second-order valence-corrected chi connectivity index (χ2v) is 8.56. The van der Waals surface area contributed by atoms with Crippen molar-refractivity contribution in [2.45, 2.75) is 52.0 Å². The number of nitrogens with one attached hydrogen (secondary N) is 1. The molecule has 152 valence electrons. The number of halogens is 1. The first-order valence-corrected chi connectivity index (χ1v) is 11.1. The molecule has 0 bridgehead atoms. The van der Waals surface area contributed by atoms with E-state index in [-0.39, 0.29) is 0 Å². The van der Waals surface area contributed by atoms with Crippen LogP contribution in [0, 0.1) is 0 Å². The summed E-state index contributed by atoms with van der Waals surface area (Å²) < 4.78 is 0. The Kier molecular flexibility index (Phi) is 6.37.